The summed E-state index contributed by atoms with van der Waals surface area (Å²) in [6.45, 7) is 2.87. The fourth-order valence-electron chi connectivity index (χ4n) is 4.65. The Morgan fingerprint density at radius 1 is 0.921 bits per heavy atom. The molecular formula is C30H30N2O5S. The summed E-state index contributed by atoms with van der Waals surface area (Å²) < 4.78 is 25.4. The Morgan fingerprint density at radius 2 is 1.66 bits per heavy atom. The third-order valence-electron chi connectivity index (χ3n) is 6.75. The summed E-state index contributed by atoms with van der Waals surface area (Å²) in [5.74, 6) is -1.08. The standard InChI is InChI=1S/C30H30N2O5S/c1-3-4-5-6-17-36-24-12-7-20(8-13-24)18-25-28(21-9-16-26-27(19-21)32-38-31-26)29(33)37-30(25,34)22-10-14-23(35-2)15-11-22/h7-16,19,34H,3-6,17-18H2,1-2H3. The molecule has 2 heterocycles. The maximum absolute atomic E-state index is 13.3. The molecule has 0 aliphatic carbocycles. The lowest BCUT2D eigenvalue weighted by Crippen LogP contribution is -2.29. The minimum Gasteiger partial charge on any atom is -0.497 e. The Bertz CT molecular complexity index is 1450. The number of nitrogens with zero attached hydrogens (tertiary/aromatic N) is 2. The van der Waals surface area contributed by atoms with Crippen LogP contribution >= 0.6 is 11.7 Å². The molecule has 1 aliphatic rings. The van der Waals surface area contributed by atoms with Gasteiger partial charge in [0.2, 0.25) is 0 Å². The van der Waals surface area contributed by atoms with Crippen LogP contribution in [0, 0.1) is 0 Å². The Balaban J connectivity index is 1.49. The third kappa shape index (κ3) is 5.28. The lowest BCUT2D eigenvalue weighted by atomic mass is 9.88. The number of ether oxygens (including phenoxy) is 3. The molecule has 4 aromatic rings. The minimum atomic E-state index is -1.93. The zero-order chi connectivity index (χ0) is 26.5. The first-order valence-corrected chi connectivity index (χ1v) is 13.5. The van der Waals surface area contributed by atoms with Crippen molar-refractivity contribution in [3.8, 4) is 11.5 Å². The van der Waals surface area contributed by atoms with Crippen LogP contribution in [0.4, 0.5) is 0 Å². The molecule has 0 saturated carbocycles. The highest BCUT2D eigenvalue weighted by molar-refractivity contribution is 7.00. The first kappa shape index (κ1) is 25.9. The number of carbonyl (C=O) groups excluding carboxylic acids is 1. The molecule has 1 unspecified atom stereocenters. The van der Waals surface area contributed by atoms with E-state index in [0.717, 1.165) is 41.4 Å². The lowest BCUT2D eigenvalue weighted by Gasteiger charge is -2.26. The smallest absolute Gasteiger partial charge is 0.342 e. The van der Waals surface area contributed by atoms with Crippen LogP contribution in [0.1, 0.15) is 49.3 Å². The topological polar surface area (TPSA) is 90.8 Å². The molecule has 38 heavy (non-hydrogen) atoms. The van der Waals surface area contributed by atoms with E-state index in [2.05, 4.69) is 15.7 Å². The SMILES string of the molecule is CCCCCCOc1ccc(CC2=C(c3ccc4nsnc4c3)C(=O)OC2(O)c2ccc(OC)cc2)cc1. The number of hydrogen-bond donors (Lipinski definition) is 1. The summed E-state index contributed by atoms with van der Waals surface area (Å²) >= 11 is 1.11. The van der Waals surface area contributed by atoms with E-state index < -0.39 is 11.8 Å². The number of fused-ring (bicyclic) bond motifs is 1. The van der Waals surface area contributed by atoms with E-state index >= 15 is 0 Å². The summed E-state index contributed by atoms with van der Waals surface area (Å²) in [5, 5.41) is 11.9. The monoisotopic (exact) mass is 530 g/mol. The molecule has 0 amide bonds. The van der Waals surface area contributed by atoms with Crippen molar-refractivity contribution in [3.63, 3.8) is 0 Å². The van der Waals surface area contributed by atoms with Crippen molar-refractivity contribution in [1.29, 1.82) is 0 Å². The Hall–Kier alpha value is -3.75. The van der Waals surface area contributed by atoms with E-state index in [-0.39, 0.29) is 0 Å². The van der Waals surface area contributed by atoms with E-state index in [1.165, 1.54) is 12.8 Å². The van der Waals surface area contributed by atoms with Crippen LogP contribution in [0.5, 0.6) is 11.5 Å². The number of cyclic esters (lactones) is 1. The van der Waals surface area contributed by atoms with Crippen molar-refractivity contribution in [3.05, 3.63) is 89.0 Å². The molecule has 0 saturated heterocycles. The van der Waals surface area contributed by atoms with Gasteiger partial charge < -0.3 is 19.3 Å². The van der Waals surface area contributed by atoms with E-state index in [9.17, 15) is 9.90 Å². The van der Waals surface area contributed by atoms with Gasteiger partial charge in [-0.1, -0.05) is 44.4 Å². The highest BCUT2D eigenvalue weighted by atomic mass is 32.1. The number of benzene rings is 3. The van der Waals surface area contributed by atoms with Gasteiger partial charge in [-0.25, -0.2) is 4.79 Å². The van der Waals surface area contributed by atoms with Crippen molar-refractivity contribution in [2.75, 3.05) is 13.7 Å². The fraction of sp³-hybridized carbons (Fsp3) is 0.300. The van der Waals surface area contributed by atoms with Crippen LogP contribution in [-0.2, 0) is 21.7 Å². The molecule has 0 bridgehead atoms. The summed E-state index contributed by atoms with van der Waals surface area (Å²) in [5.41, 5.74) is 4.22. The first-order valence-electron chi connectivity index (χ1n) is 12.8. The Morgan fingerprint density at radius 3 is 2.39 bits per heavy atom. The average Bonchev–Trinajstić information content (AvgIpc) is 3.51. The molecule has 7 nitrogen and oxygen atoms in total. The van der Waals surface area contributed by atoms with Gasteiger partial charge in [-0.05, 0) is 66.1 Å². The van der Waals surface area contributed by atoms with E-state index in [4.69, 9.17) is 14.2 Å². The Kier molecular flexibility index (Phi) is 7.72. The number of carbonyl (C=O) groups is 1. The van der Waals surface area contributed by atoms with Crippen LogP contribution in [0.25, 0.3) is 16.6 Å². The van der Waals surface area contributed by atoms with Crippen LogP contribution in [0.2, 0.25) is 0 Å². The van der Waals surface area contributed by atoms with Gasteiger partial charge in [-0.15, -0.1) is 0 Å². The van der Waals surface area contributed by atoms with Crippen LogP contribution < -0.4 is 9.47 Å². The lowest BCUT2D eigenvalue weighted by molar-refractivity contribution is -0.185. The summed E-state index contributed by atoms with van der Waals surface area (Å²) in [7, 11) is 1.57. The number of aromatic nitrogens is 2. The maximum atomic E-state index is 13.3. The molecule has 5 rings (SSSR count). The molecule has 8 heteroatoms. The number of hydrogen-bond acceptors (Lipinski definition) is 8. The first-order chi connectivity index (χ1) is 18.5. The number of unbranched alkanes of at least 4 members (excludes halogenated alkanes) is 3. The van der Waals surface area contributed by atoms with Crippen molar-refractivity contribution in [2.45, 2.75) is 44.8 Å². The fourth-order valence-corrected chi connectivity index (χ4v) is 5.17. The number of aliphatic hydroxyl groups is 1. The predicted octanol–water partition coefficient (Wildman–Crippen LogP) is 6.06. The summed E-state index contributed by atoms with van der Waals surface area (Å²) in [6, 6.07) is 20.1. The maximum Gasteiger partial charge on any atom is 0.342 e. The quantitative estimate of drug-likeness (QED) is 0.186. The largest absolute Gasteiger partial charge is 0.497 e. The number of rotatable bonds is 11. The van der Waals surface area contributed by atoms with E-state index in [0.29, 0.717) is 46.6 Å². The van der Waals surface area contributed by atoms with Crippen molar-refractivity contribution in [1.82, 2.24) is 8.75 Å². The zero-order valence-electron chi connectivity index (χ0n) is 21.5. The zero-order valence-corrected chi connectivity index (χ0v) is 22.3. The van der Waals surface area contributed by atoms with Crippen molar-refractivity contribution < 1.29 is 24.1 Å². The van der Waals surface area contributed by atoms with Crippen molar-refractivity contribution in [2.24, 2.45) is 0 Å². The predicted molar refractivity (Wildman–Crippen MR) is 147 cm³/mol. The van der Waals surface area contributed by atoms with E-state index in [1.54, 1.807) is 31.4 Å². The molecule has 0 radical (unpaired) electrons. The average molecular weight is 531 g/mol. The van der Waals surface area contributed by atoms with Gasteiger partial charge in [0.1, 0.15) is 22.5 Å². The molecule has 0 fully saturated rings. The third-order valence-corrected chi connectivity index (χ3v) is 7.31. The molecule has 1 aliphatic heterocycles. The molecule has 196 valence electrons. The molecule has 1 N–H and O–H groups in total. The highest BCUT2D eigenvalue weighted by Gasteiger charge is 2.48. The molecule has 0 spiro atoms. The Labute approximate surface area is 226 Å². The second kappa shape index (κ2) is 11.3. The molecule has 1 atom stereocenters. The van der Waals surface area contributed by atoms with Gasteiger partial charge in [0.15, 0.2) is 0 Å². The molecular weight excluding hydrogens is 500 g/mol. The van der Waals surface area contributed by atoms with E-state index in [1.807, 2.05) is 42.5 Å². The van der Waals surface area contributed by atoms with Gasteiger partial charge in [-0.3, -0.25) is 0 Å². The van der Waals surface area contributed by atoms with Crippen molar-refractivity contribution >= 4 is 34.3 Å². The summed E-state index contributed by atoms with van der Waals surface area (Å²) in [6.07, 6.45) is 4.89. The van der Waals surface area contributed by atoms with Gasteiger partial charge >= 0.3 is 5.97 Å². The van der Waals surface area contributed by atoms with Crippen LogP contribution in [-0.4, -0.2) is 33.5 Å². The van der Waals surface area contributed by atoms with Crippen LogP contribution in [0.3, 0.4) is 0 Å². The van der Waals surface area contributed by atoms with Gasteiger partial charge in [0, 0.05) is 17.6 Å². The van der Waals surface area contributed by atoms with Gasteiger partial charge in [-0.2, -0.15) is 8.75 Å². The van der Waals surface area contributed by atoms with Gasteiger partial charge in [0.25, 0.3) is 5.79 Å². The number of esters is 1. The van der Waals surface area contributed by atoms with Crippen LogP contribution in [0.15, 0.2) is 72.3 Å². The summed E-state index contributed by atoms with van der Waals surface area (Å²) in [4.78, 5) is 13.3. The van der Waals surface area contributed by atoms with Gasteiger partial charge in [0.05, 0.1) is 31.0 Å². The highest BCUT2D eigenvalue weighted by Crippen LogP contribution is 2.45. The normalized spacial score (nSPS) is 17.2. The minimum absolute atomic E-state index is 0.299. The number of methoxy groups -OCH3 is 1. The molecule has 3 aromatic carbocycles. The molecule has 1 aromatic heterocycles. The second-order valence-corrected chi connectivity index (χ2v) is 9.84. The second-order valence-electron chi connectivity index (χ2n) is 9.31.